The molecule has 0 saturated carbocycles. The Morgan fingerprint density at radius 2 is 1.84 bits per heavy atom. The standard InChI is InChI=1S/C25H30N4O2/c1-5-19(4)27-23(30)13-14-26-25(31)22-16-29(20-9-7-6-8-10-20)28-24(22)21-12-11-17(2)15-18(21)3/h6-12,15-16,19H,5,13-14H2,1-4H3,(H,26,31)(H,27,30). The molecule has 0 aliphatic heterocycles. The summed E-state index contributed by atoms with van der Waals surface area (Å²) in [5.41, 5.74) is 5.11. The van der Waals surface area contributed by atoms with Crippen LogP contribution in [0.15, 0.2) is 54.7 Å². The Morgan fingerprint density at radius 3 is 2.52 bits per heavy atom. The molecule has 6 heteroatoms. The van der Waals surface area contributed by atoms with Crippen LogP contribution in [0.1, 0.15) is 48.2 Å². The summed E-state index contributed by atoms with van der Waals surface area (Å²) in [6, 6.07) is 15.9. The minimum Gasteiger partial charge on any atom is -0.354 e. The Bertz CT molecular complexity index is 1060. The van der Waals surface area contributed by atoms with Gasteiger partial charge in [-0.15, -0.1) is 0 Å². The van der Waals surface area contributed by atoms with Gasteiger partial charge in [0.15, 0.2) is 0 Å². The predicted octanol–water partition coefficient (Wildman–Crippen LogP) is 4.19. The average molecular weight is 419 g/mol. The van der Waals surface area contributed by atoms with Crippen molar-refractivity contribution >= 4 is 11.8 Å². The lowest BCUT2D eigenvalue weighted by Gasteiger charge is -2.11. The summed E-state index contributed by atoms with van der Waals surface area (Å²) in [5, 5.41) is 10.5. The molecule has 1 atom stereocenters. The zero-order valence-corrected chi connectivity index (χ0v) is 18.6. The number of hydrogen-bond donors (Lipinski definition) is 2. The van der Waals surface area contributed by atoms with Gasteiger partial charge >= 0.3 is 0 Å². The van der Waals surface area contributed by atoms with Gasteiger partial charge in [0.25, 0.3) is 5.91 Å². The topological polar surface area (TPSA) is 76.0 Å². The molecule has 0 spiro atoms. The third kappa shape index (κ3) is 5.60. The number of carbonyl (C=O) groups excluding carboxylic acids is 2. The van der Waals surface area contributed by atoms with Gasteiger partial charge in [0.1, 0.15) is 5.69 Å². The fourth-order valence-corrected chi connectivity index (χ4v) is 3.37. The summed E-state index contributed by atoms with van der Waals surface area (Å²) in [6.45, 7) is 8.31. The van der Waals surface area contributed by atoms with Crippen LogP contribution in [0.25, 0.3) is 16.9 Å². The van der Waals surface area contributed by atoms with E-state index < -0.39 is 0 Å². The molecule has 1 aromatic heterocycles. The van der Waals surface area contributed by atoms with E-state index in [0.29, 0.717) is 11.3 Å². The maximum atomic E-state index is 13.0. The lowest BCUT2D eigenvalue weighted by molar-refractivity contribution is -0.121. The van der Waals surface area contributed by atoms with E-state index in [1.165, 1.54) is 0 Å². The zero-order valence-electron chi connectivity index (χ0n) is 18.6. The number of para-hydroxylation sites is 1. The second-order valence-corrected chi connectivity index (χ2v) is 7.87. The Labute approximate surface area is 183 Å². The highest BCUT2D eigenvalue weighted by Crippen LogP contribution is 2.27. The van der Waals surface area contributed by atoms with E-state index in [9.17, 15) is 9.59 Å². The summed E-state index contributed by atoms with van der Waals surface area (Å²) in [6.07, 6.45) is 2.86. The number of aryl methyl sites for hydroxylation is 2. The number of benzene rings is 2. The van der Waals surface area contributed by atoms with Crippen molar-refractivity contribution in [2.45, 2.75) is 46.6 Å². The zero-order chi connectivity index (χ0) is 22.4. The number of rotatable bonds is 8. The van der Waals surface area contributed by atoms with Crippen LogP contribution in [0.5, 0.6) is 0 Å². The van der Waals surface area contributed by atoms with Crippen molar-refractivity contribution < 1.29 is 9.59 Å². The first-order valence-corrected chi connectivity index (χ1v) is 10.7. The lowest BCUT2D eigenvalue weighted by Crippen LogP contribution is -2.35. The Balaban J connectivity index is 1.85. The highest BCUT2D eigenvalue weighted by molar-refractivity contribution is 6.00. The highest BCUT2D eigenvalue weighted by Gasteiger charge is 2.20. The molecule has 1 heterocycles. The van der Waals surface area contributed by atoms with E-state index in [1.54, 1.807) is 10.9 Å². The number of nitrogens with zero attached hydrogens (tertiary/aromatic N) is 2. The lowest BCUT2D eigenvalue weighted by atomic mass is 10.0. The second-order valence-electron chi connectivity index (χ2n) is 7.87. The number of amides is 2. The monoisotopic (exact) mass is 418 g/mol. The van der Waals surface area contributed by atoms with Crippen LogP contribution < -0.4 is 10.6 Å². The van der Waals surface area contributed by atoms with E-state index >= 15 is 0 Å². The Morgan fingerprint density at radius 1 is 1.10 bits per heavy atom. The molecule has 0 aliphatic rings. The summed E-state index contributed by atoms with van der Waals surface area (Å²) in [7, 11) is 0. The van der Waals surface area contributed by atoms with Crippen LogP contribution >= 0.6 is 0 Å². The van der Waals surface area contributed by atoms with Gasteiger partial charge in [-0.25, -0.2) is 4.68 Å². The van der Waals surface area contributed by atoms with E-state index in [0.717, 1.165) is 28.8 Å². The molecule has 0 fully saturated rings. The Kier molecular flexibility index (Phi) is 7.23. The smallest absolute Gasteiger partial charge is 0.255 e. The molecule has 2 N–H and O–H groups in total. The van der Waals surface area contributed by atoms with E-state index in [2.05, 4.69) is 16.7 Å². The fraction of sp³-hybridized carbons (Fsp3) is 0.320. The van der Waals surface area contributed by atoms with Gasteiger partial charge in [0.2, 0.25) is 5.91 Å². The number of aromatic nitrogens is 2. The molecule has 3 rings (SSSR count). The van der Waals surface area contributed by atoms with Crippen molar-refractivity contribution in [2.75, 3.05) is 6.54 Å². The van der Waals surface area contributed by atoms with Crippen LogP contribution in [-0.2, 0) is 4.79 Å². The molecule has 31 heavy (non-hydrogen) atoms. The molecule has 0 bridgehead atoms. The number of nitrogens with one attached hydrogen (secondary N) is 2. The van der Waals surface area contributed by atoms with Crippen LogP contribution in [0, 0.1) is 13.8 Å². The average Bonchev–Trinajstić information content (AvgIpc) is 3.19. The minimum absolute atomic E-state index is 0.0655. The van der Waals surface area contributed by atoms with E-state index in [4.69, 9.17) is 5.10 Å². The molecule has 6 nitrogen and oxygen atoms in total. The van der Waals surface area contributed by atoms with Crippen LogP contribution in [0.4, 0.5) is 0 Å². The molecule has 2 amide bonds. The summed E-state index contributed by atoms with van der Waals surface area (Å²) in [4.78, 5) is 25.0. The van der Waals surface area contributed by atoms with E-state index in [1.807, 2.05) is 70.2 Å². The molecule has 3 aromatic rings. The van der Waals surface area contributed by atoms with Crippen LogP contribution in [0.3, 0.4) is 0 Å². The molecule has 0 radical (unpaired) electrons. The van der Waals surface area contributed by atoms with Crippen LogP contribution in [-0.4, -0.2) is 34.2 Å². The summed E-state index contributed by atoms with van der Waals surface area (Å²) in [5.74, 6) is -0.308. The van der Waals surface area contributed by atoms with Crippen molar-refractivity contribution in [3.8, 4) is 16.9 Å². The molecule has 162 valence electrons. The molecule has 0 aliphatic carbocycles. The van der Waals surface area contributed by atoms with Crippen molar-refractivity contribution in [1.29, 1.82) is 0 Å². The molecule has 2 aromatic carbocycles. The Hall–Kier alpha value is -3.41. The van der Waals surface area contributed by atoms with Crippen molar-refractivity contribution in [3.05, 3.63) is 71.4 Å². The minimum atomic E-state index is -0.242. The molecule has 1 unspecified atom stereocenters. The van der Waals surface area contributed by atoms with Gasteiger partial charge < -0.3 is 10.6 Å². The van der Waals surface area contributed by atoms with Gasteiger partial charge in [0.05, 0.1) is 11.3 Å². The number of carbonyl (C=O) groups is 2. The van der Waals surface area contributed by atoms with Gasteiger partial charge in [-0.3, -0.25) is 9.59 Å². The van der Waals surface area contributed by atoms with E-state index in [-0.39, 0.29) is 30.8 Å². The van der Waals surface area contributed by atoms with Crippen LogP contribution in [0.2, 0.25) is 0 Å². The molecular formula is C25H30N4O2. The fourth-order valence-electron chi connectivity index (χ4n) is 3.37. The maximum absolute atomic E-state index is 13.0. The first kappa shape index (κ1) is 22.3. The summed E-state index contributed by atoms with van der Waals surface area (Å²) < 4.78 is 1.72. The second kappa shape index (κ2) is 10.1. The van der Waals surface area contributed by atoms with Gasteiger partial charge in [0, 0.05) is 30.8 Å². The highest BCUT2D eigenvalue weighted by atomic mass is 16.2. The van der Waals surface area contributed by atoms with Crippen molar-refractivity contribution in [1.82, 2.24) is 20.4 Å². The van der Waals surface area contributed by atoms with Crippen molar-refractivity contribution in [3.63, 3.8) is 0 Å². The normalized spacial score (nSPS) is 11.7. The number of hydrogen-bond acceptors (Lipinski definition) is 3. The third-order valence-electron chi connectivity index (χ3n) is 5.27. The maximum Gasteiger partial charge on any atom is 0.255 e. The first-order chi connectivity index (χ1) is 14.9. The van der Waals surface area contributed by atoms with Gasteiger partial charge in [-0.2, -0.15) is 5.10 Å². The van der Waals surface area contributed by atoms with Gasteiger partial charge in [-0.1, -0.05) is 48.9 Å². The quantitative estimate of drug-likeness (QED) is 0.576. The van der Waals surface area contributed by atoms with Gasteiger partial charge in [-0.05, 0) is 44.9 Å². The largest absolute Gasteiger partial charge is 0.354 e. The first-order valence-electron chi connectivity index (χ1n) is 10.7. The molecule has 0 saturated heterocycles. The summed E-state index contributed by atoms with van der Waals surface area (Å²) >= 11 is 0. The molecular weight excluding hydrogens is 388 g/mol. The SMILES string of the molecule is CCC(C)NC(=O)CCNC(=O)c1cn(-c2ccccc2)nc1-c1ccc(C)cc1C. The third-order valence-corrected chi connectivity index (χ3v) is 5.27. The predicted molar refractivity (Wildman–Crippen MR) is 123 cm³/mol. The van der Waals surface area contributed by atoms with Crippen molar-refractivity contribution in [2.24, 2.45) is 0 Å².